The maximum absolute atomic E-state index is 11.4. The van der Waals surface area contributed by atoms with Crippen LogP contribution in [0.15, 0.2) is 0 Å². The average Bonchev–Trinajstić information content (AvgIpc) is 2.27. The van der Waals surface area contributed by atoms with Gasteiger partial charge in [-0.2, -0.15) is 0 Å². The number of rotatable bonds is 6. The molecule has 16 heavy (non-hydrogen) atoms. The summed E-state index contributed by atoms with van der Waals surface area (Å²) in [7, 11) is 0. The topological polar surface area (TPSA) is 55.8 Å². The fraction of sp³-hybridized carbons (Fsp3) is 0.818. The number of ether oxygens (including phenoxy) is 2. The normalized spacial score (nSPS) is 11.8. The third kappa shape index (κ3) is 5.00. The molecule has 0 aromatic carbocycles. The molecule has 5 heteroatoms. The van der Waals surface area contributed by atoms with Gasteiger partial charge in [0.05, 0.1) is 12.5 Å². The second-order valence-corrected chi connectivity index (χ2v) is 3.40. The van der Waals surface area contributed by atoms with Crippen LogP contribution in [0.4, 0.5) is 4.79 Å². The van der Waals surface area contributed by atoms with Crippen molar-refractivity contribution < 1.29 is 19.1 Å². The highest BCUT2D eigenvalue weighted by atomic mass is 16.6. The summed E-state index contributed by atoms with van der Waals surface area (Å²) in [5.41, 5.74) is 0. The molecule has 0 aromatic rings. The summed E-state index contributed by atoms with van der Waals surface area (Å²) in [5, 5.41) is 0. The zero-order valence-electron chi connectivity index (χ0n) is 10.5. The minimum atomic E-state index is -0.417. The number of carbonyl (C=O) groups is 2. The van der Waals surface area contributed by atoms with Gasteiger partial charge in [0.2, 0.25) is 0 Å². The van der Waals surface area contributed by atoms with Crippen molar-refractivity contribution in [3.8, 4) is 0 Å². The lowest BCUT2D eigenvalue weighted by Gasteiger charge is -2.19. The maximum Gasteiger partial charge on any atom is 0.409 e. The van der Waals surface area contributed by atoms with Gasteiger partial charge in [0.25, 0.3) is 0 Å². The van der Waals surface area contributed by atoms with Crippen LogP contribution in [0.25, 0.3) is 0 Å². The van der Waals surface area contributed by atoms with Gasteiger partial charge >= 0.3 is 12.1 Å². The number of nitrogens with zero attached hydrogens (tertiary/aromatic N) is 1. The Bertz CT molecular complexity index is 226. The lowest BCUT2D eigenvalue weighted by Crippen LogP contribution is -2.33. The first-order valence-corrected chi connectivity index (χ1v) is 5.65. The van der Waals surface area contributed by atoms with Crippen molar-refractivity contribution in [2.24, 2.45) is 5.92 Å². The van der Waals surface area contributed by atoms with Crippen LogP contribution in [-0.4, -0.2) is 43.3 Å². The highest BCUT2D eigenvalue weighted by Crippen LogP contribution is 2.02. The third-order valence-corrected chi connectivity index (χ3v) is 2.17. The Kier molecular flexibility index (Phi) is 7.33. The van der Waals surface area contributed by atoms with Gasteiger partial charge in [-0.3, -0.25) is 4.79 Å². The Morgan fingerprint density at radius 1 is 1.12 bits per heavy atom. The van der Waals surface area contributed by atoms with E-state index in [-0.39, 0.29) is 18.7 Å². The Balaban J connectivity index is 3.95. The number of hydrogen-bond donors (Lipinski definition) is 0. The molecule has 0 saturated carbocycles. The minimum absolute atomic E-state index is 0.0637. The van der Waals surface area contributed by atoms with Crippen LogP contribution in [0.2, 0.25) is 0 Å². The van der Waals surface area contributed by atoms with Gasteiger partial charge < -0.3 is 14.4 Å². The average molecular weight is 231 g/mol. The Labute approximate surface area is 96.7 Å². The van der Waals surface area contributed by atoms with E-state index in [1.807, 2.05) is 13.8 Å². The van der Waals surface area contributed by atoms with Crippen LogP contribution in [-0.2, 0) is 14.3 Å². The Morgan fingerprint density at radius 3 is 2.12 bits per heavy atom. The lowest BCUT2D eigenvalue weighted by molar-refractivity contribution is -0.148. The van der Waals surface area contributed by atoms with Crippen molar-refractivity contribution in [3.05, 3.63) is 0 Å². The van der Waals surface area contributed by atoms with E-state index in [2.05, 4.69) is 0 Å². The highest BCUT2D eigenvalue weighted by Gasteiger charge is 2.18. The van der Waals surface area contributed by atoms with E-state index in [4.69, 9.17) is 9.47 Å². The molecule has 0 saturated heterocycles. The molecule has 0 aliphatic heterocycles. The molecule has 0 fully saturated rings. The molecule has 0 aliphatic rings. The number of amides is 1. The van der Waals surface area contributed by atoms with Gasteiger partial charge in [0.15, 0.2) is 0 Å². The summed E-state index contributed by atoms with van der Waals surface area (Å²) in [6, 6.07) is 0. The van der Waals surface area contributed by atoms with Gasteiger partial charge in [0, 0.05) is 13.1 Å². The van der Waals surface area contributed by atoms with Crippen molar-refractivity contribution in [1.29, 1.82) is 0 Å². The maximum atomic E-state index is 11.4. The van der Waals surface area contributed by atoms with Gasteiger partial charge in [-0.15, -0.1) is 0 Å². The van der Waals surface area contributed by atoms with Crippen LogP contribution in [0, 0.1) is 5.92 Å². The predicted molar refractivity (Wildman–Crippen MR) is 60.1 cm³/mol. The third-order valence-electron chi connectivity index (χ3n) is 2.17. The second-order valence-electron chi connectivity index (χ2n) is 3.40. The quantitative estimate of drug-likeness (QED) is 0.652. The van der Waals surface area contributed by atoms with Crippen LogP contribution in [0.1, 0.15) is 27.7 Å². The first kappa shape index (κ1) is 14.7. The van der Waals surface area contributed by atoms with E-state index in [0.717, 1.165) is 0 Å². The molecule has 0 heterocycles. The molecule has 1 atom stereocenters. The molecular formula is C11H21NO4. The molecule has 0 bridgehead atoms. The summed E-state index contributed by atoms with van der Waals surface area (Å²) in [5.74, 6) is -0.755. The number of carbonyl (C=O) groups excluding carboxylic acids is 2. The van der Waals surface area contributed by atoms with E-state index in [1.165, 1.54) is 0 Å². The summed E-state index contributed by atoms with van der Waals surface area (Å²) in [6.07, 6.45) is -0.388. The van der Waals surface area contributed by atoms with Crippen molar-refractivity contribution in [2.75, 3.05) is 26.3 Å². The van der Waals surface area contributed by atoms with Crippen LogP contribution < -0.4 is 0 Å². The summed E-state index contributed by atoms with van der Waals surface area (Å²) >= 11 is 0. The zero-order valence-corrected chi connectivity index (χ0v) is 10.5. The smallest absolute Gasteiger partial charge is 0.409 e. The van der Waals surface area contributed by atoms with E-state index in [1.54, 1.807) is 18.7 Å². The van der Waals surface area contributed by atoms with Gasteiger partial charge in [-0.25, -0.2) is 4.79 Å². The van der Waals surface area contributed by atoms with Crippen LogP contribution in [0.3, 0.4) is 0 Å². The van der Waals surface area contributed by atoms with Gasteiger partial charge in [0.1, 0.15) is 6.61 Å². The molecule has 0 radical (unpaired) electrons. The molecule has 0 rings (SSSR count). The monoisotopic (exact) mass is 231 g/mol. The number of hydrogen-bond acceptors (Lipinski definition) is 4. The molecule has 0 N–H and O–H groups in total. The number of esters is 1. The lowest BCUT2D eigenvalue weighted by atomic mass is 10.2. The van der Waals surface area contributed by atoms with E-state index < -0.39 is 5.92 Å². The molecule has 1 unspecified atom stereocenters. The van der Waals surface area contributed by atoms with Crippen LogP contribution in [0.5, 0.6) is 0 Å². The Hall–Kier alpha value is -1.26. The standard InChI is InChI=1S/C11H21NO4/c1-5-12(6-2)11(14)16-8-9(4)10(13)15-7-3/h9H,5-8H2,1-4H3. The SMILES string of the molecule is CCOC(=O)C(C)COC(=O)N(CC)CC. The molecule has 0 aromatic heterocycles. The fourth-order valence-corrected chi connectivity index (χ4v) is 1.12. The zero-order chi connectivity index (χ0) is 12.6. The van der Waals surface area contributed by atoms with Gasteiger partial charge in [-0.1, -0.05) is 0 Å². The van der Waals surface area contributed by atoms with Crippen molar-refractivity contribution in [3.63, 3.8) is 0 Å². The summed E-state index contributed by atoms with van der Waals surface area (Å²) < 4.78 is 9.81. The first-order chi connectivity index (χ1) is 7.56. The Morgan fingerprint density at radius 2 is 1.69 bits per heavy atom. The van der Waals surface area contributed by atoms with Crippen molar-refractivity contribution >= 4 is 12.1 Å². The molecular weight excluding hydrogens is 210 g/mol. The second kappa shape index (κ2) is 7.96. The predicted octanol–water partition coefficient (Wildman–Crippen LogP) is 1.66. The molecule has 0 spiro atoms. The van der Waals surface area contributed by atoms with Crippen molar-refractivity contribution in [2.45, 2.75) is 27.7 Å². The highest BCUT2D eigenvalue weighted by molar-refractivity contribution is 5.73. The summed E-state index contributed by atoms with van der Waals surface area (Å²) in [6.45, 7) is 8.77. The largest absolute Gasteiger partial charge is 0.466 e. The van der Waals surface area contributed by atoms with Crippen molar-refractivity contribution in [1.82, 2.24) is 4.90 Å². The van der Waals surface area contributed by atoms with E-state index in [0.29, 0.717) is 19.7 Å². The first-order valence-electron chi connectivity index (χ1n) is 5.65. The van der Waals surface area contributed by atoms with Crippen LogP contribution >= 0.6 is 0 Å². The van der Waals surface area contributed by atoms with Gasteiger partial charge in [-0.05, 0) is 27.7 Å². The molecule has 94 valence electrons. The minimum Gasteiger partial charge on any atom is -0.466 e. The van der Waals surface area contributed by atoms with E-state index in [9.17, 15) is 9.59 Å². The molecule has 5 nitrogen and oxygen atoms in total. The van der Waals surface area contributed by atoms with E-state index >= 15 is 0 Å². The summed E-state index contributed by atoms with van der Waals surface area (Å²) in [4.78, 5) is 24.2. The fourth-order valence-electron chi connectivity index (χ4n) is 1.12. The molecule has 0 aliphatic carbocycles. The molecule has 1 amide bonds.